The van der Waals surface area contributed by atoms with Gasteiger partial charge in [0.15, 0.2) is 0 Å². The van der Waals surface area contributed by atoms with Crippen LogP contribution in [0.1, 0.15) is 70.2 Å². The minimum Gasteiger partial charge on any atom is -0.444 e. The van der Waals surface area contributed by atoms with E-state index in [1.165, 1.54) is 0 Å². The largest absolute Gasteiger partial charge is 0.444 e. The van der Waals surface area contributed by atoms with Crippen molar-refractivity contribution in [1.82, 2.24) is 15.1 Å². The minimum atomic E-state index is -0.519. The summed E-state index contributed by atoms with van der Waals surface area (Å²) >= 11 is 0. The van der Waals surface area contributed by atoms with Gasteiger partial charge in [-0.05, 0) is 63.1 Å². The number of ether oxygens (including phenoxy) is 2. The van der Waals surface area contributed by atoms with Crippen LogP contribution >= 0.6 is 0 Å². The average Bonchev–Trinajstić information content (AvgIpc) is 3.26. The number of nitrogens with one attached hydrogen (secondary N) is 1. The third kappa shape index (κ3) is 5.40. The van der Waals surface area contributed by atoms with Crippen molar-refractivity contribution in [1.29, 1.82) is 5.26 Å². The fourth-order valence-corrected chi connectivity index (χ4v) is 4.21. The van der Waals surface area contributed by atoms with Crippen LogP contribution in [0.4, 0.5) is 4.79 Å². The van der Waals surface area contributed by atoms with Crippen LogP contribution in [-0.4, -0.2) is 34.6 Å². The molecule has 7 heteroatoms. The SMILES string of the molecule is CC(CNC(=O)OC(C)(C)C)c1ccc(-c2ccc3nn(C4CCCCO4)cc3c2C#N)cc1. The molecule has 4 rings (SSSR count). The predicted molar refractivity (Wildman–Crippen MR) is 131 cm³/mol. The molecule has 178 valence electrons. The van der Waals surface area contributed by atoms with Gasteiger partial charge in [0.05, 0.1) is 11.1 Å². The van der Waals surface area contributed by atoms with Gasteiger partial charge in [0.2, 0.25) is 0 Å². The lowest BCUT2D eigenvalue weighted by molar-refractivity contribution is -0.0390. The summed E-state index contributed by atoms with van der Waals surface area (Å²) in [5.74, 6) is 0.119. The van der Waals surface area contributed by atoms with Gasteiger partial charge in [0.25, 0.3) is 0 Å². The third-order valence-corrected chi connectivity index (χ3v) is 6.01. The number of carbonyl (C=O) groups is 1. The highest BCUT2D eigenvalue weighted by Crippen LogP contribution is 2.32. The molecule has 0 spiro atoms. The molecular formula is C27H32N4O3. The highest BCUT2D eigenvalue weighted by atomic mass is 16.6. The zero-order chi connectivity index (χ0) is 24.3. The Labute approximate surface area is 200 Å². The molecule has 1 fully saturated rings. The van der Waals surface area contributed by atoms with Crippen LogP contribution in [0.25, 0.3) is 22.0 Å². The highest BCUT2D eigenvalue weighted by Gasteiger charge is 2.20. The molecule has 0 aliphatic carbocycles. The highest BCUT2D eigenvalue weighted by molar-refractivity contribution is 5.92. The second-order valence-corrected chi connectivity index (χ2v) is 9.87. The van der Waals surface area contributed by atoms with E-state index in [-0.39, 0.29) is 12.1 Å². The van der Waals surface area contributed by atoms with E-state index in [0.29, 0.717) is 12.1 Å². The number of hydrogen-bond acceptors (Lipinski definition) is 5. The maximum Gasteiger partial charge on any atom is 0.407 e. The molecular weight excluding hydrogens is 428 g/mol. The van der Waals surface area contributed by atoms with Crippen molar-refractivity contribution in [2.24, 2.45) is 0 Å². The molecule has 0 bridgehead atoms. The van der Waals surface area contributed by atoms with Crippen LogP contribution in [-0.2, 0) is 9.47 Å². The number of benzene rings is 2. The Hall–Kier alpha value is -3.37. The molecule has 3 aromatic rings. The fraction of sp³-hybridized carbons (Fsp3) is 0.444. The van der Waals surface area contributed by atoms with E-state index in [1.807, 2.05) is 68.0 Å². The number of rotatable bonds is 5. The van der Waals surface area contributed by atoms with E-state index in [1.54, 1.807) is 0 Å². The summed E-state index contributed by atoms with van der Waals surface area (Å²) in [4.78, 5) is 11.9. The zero-order valence-corrected chi connectivity index (χ0v) is 20.3. The predicted octanol–water partition coefficient (Wildman–Crippen LogP) is 5.90. The zero-order valence-electron chi connectivity index (χ0n) is 20.3. The van der Waals surface area contributed by atoms with Crippen LogP contribution in [0.5, 0.6) is 0 Å². The first-order chi connectivity index (χ1) is 16.2. The Morgan fingerprint density at radius 3 is 2.68 bits per heavy atom. The van der Waals surface area contributed by atoms with E-state index >= 15 is 0 Å². The minimum absolute atomic E-state index is 0.0637. The molecule has 1 aliphatic heterocycles. The molecule has 2 unspecified atom stereocenters. The molecule has 1 N–H and O–H groups in total. The van der Waals surface area contributed by atoms with E-state index in [9.17, 15) is 10.1 Å². The molecule has 2 heterocycles. The van der Waals surface area contributed by atoms with Crippen LogP contribution in [0.3, 0.4) is 0 Å². The molecule has 1 aromatic heterocycles. The van der Waals surface area contributed by atoms with Crippen molar-refractivity contribution in [3.63, 3.8) is 0 Å². The van der Waals surface area contributed by atoms with Crippen molar-refractivity contribution >= 4 is 17.0 Å². The van der Waals surface area contributed by atoms with Gasteiger partial charge in [-0.2, -0.15) is 10.4 Å². The number of alkyl carbamates (subject to hydrolysis) is 1. The Balaban J connectivity index is 1.51. The molecule has 1 saturated heterocycles. The lowest BCUT2D eigenvalue weighted by Gasteiger charge is -2.22. The molecule has 2 aromatic carbocycles. The molecule has 0 radical (unpaired) electrons. The molecule has 7 nitrogen and oxygen atoms in total. The van der Waals surface area contributed by atoms with Crippen LogP contribution in [0, 0.1) is 11.3 Å². The number of hydrogen-bond donors (Lipinski definition) is 1. The van der Waals surface area contributed by atoms with Crippen molar-refractivity contribution in [3.8, 4) is 17.2 Å². The Bertz CT molecular complexity index is 1200. The van der Waals surface area contributed by atoms with Gasteiger partial charge in [0, 0.05) is 30.3 Å². The van der Waals surface area contributed by atoms with Gasteiger partial charge in [-0.25, -0.2) is 9.48 Å². The summed E-state index contributed by atoms with van der Waals surface area (Å²) in [6.45, 7) is 8.81. The van der Waals surface area contributed by atoms with Gasteiger partial charge in [-0.15, -0.1) is 0 Å². The monoisotopic (exact) mass is 460 g/mol. The second kappa shape index (κ2) is 9.86. The lowest BCUT2D eigenvalue weighted by atomic mass is 9.94. The third-order valence-electron chi connectivity index (χ3n) is 6.01. The second-order valence-electron chi connectivity index (χ2n) is 9.87. The topological polar surface area (TPSA) is 89.2 Å². The van der Waals surface area contributed by atoms with Crippen LogP contribution in [0.2, 0.25) is 0 Å². The number of nitriles is 1. The first-order valence-corrected chi connectivity index (χ1v) is 11.9. The number of aromatic nitrogens is 2. The lowest BCUT2D eigenvalue weighted by Crippen LogP contribution is -2.34. The van der Waals surface area contributed by atoms with Gasteiger partial charge >= 0.3 is 6.09 Å². The van der Waals surface area contributed by atoms with E-state index in [2.05, 4.69) is 23.4 Å². The molecule has 34 heavy (non-hydrogen) atoms. The molecule has 0 saturated carbocycles. The number of carbonyl (C=O) groups excluding carboxylic acids is 1. The van der Waals surface area contributed by atoms with Crippen molar-refractivity contribution in [2.75, 3.05) is 13.2 Å². The maximum absolute atomic E-state index is 11.9. The molecule has 1 amide bonds. The number of fused-ring (bicyclic) bond motifs is 1. The summed E-state index contributed by atoms with van der Waals surface area (Å²) in [6, 6.07) is 14.4. The van der Waals surface area contributed by atoms with E-state index in [0.717, 1.165) is 53.5 Å². The van der Waals surface area contributed by atoms with Crippen molar-refractivity contribution < 1.29 is 14.3 Å². The molecule has 1 aliphatic rings. The average molecular weight is 461 g/mol. The van der Waals surface area contributed by atoms with Gasteiger partial charge < -0.3 is 14.8 Å². The summed E-state index contributed by atoms with van der Waals surface area (Å²) in [7, 11) is 0. The van der Waals surface area contributed by atoms with E-state index in [4.69, 9.17) is 9.47 Å². The smallest absolute Gasteiger partial charge is 0.407 e. The van der Waals surface area contributed by atoms with E-state index < -0.39 is 11.7 Å². The standard InChI is InChI=1S/C27H32N4O3/c1-18(16-29-26(32)34-27(2,3)4)19-8-10-20(11-9-19)21-12-13-24-23(22(21)15-28)17-31(30-24)25-7-5-6-14-33-25/h8-13,17-18,25H,5-7,14,16H2,1-4H3,(H,29,32). The fourth-order valence-electron chi connectivity index (χ4n) is 4.21. The Kier molecular flexibility index (Phi) is 6.90. The molecule has 2 atom stereocenters. The first-order valence-electron chi connectivity index (χ1n) is 11.9. The van der Waals surface area contributed by atoms with Gasteiger partial charge in [-0.3, -0.25) is 0 Å². The number of amides is 1. The quantitative estimate of drug-likeness (QED) is 0.512. The summed E-state index contributed by atoms with van der Waals surface area (Å²) in [5, 5.41) is 18.3. The van der Waals surface area contributed by atoms with Gasteiger partial charge in [0.1, 0.15) is 17.9 Å². The summed E-state index contributed by atoms with van der Waals surface area (Å²) in [5.41, 5.74) is 3.84. The van der Waals surface area contributed by atoms with Crippen molar-refractivity contribution in [3.05, 3.63) is 53.7 Å². The summed E-state index contributed by atoms with van der Waals surface area (Å²) in [6.07, 6.45) is 4.59. The van der Waals surface area contributed by atoms with Crippen LogP contribution in [0.15, 0.2) is 42.6 Å². The number of nitrogens with zero attached hydrogens (tertiary/aromatic N) is 3. The van der Waals surface area contributed by atoms with Gasteiger partial charge in [-0.1, -0.05) is 37.3 Å². The first kappa shape index (κ1) is 23.8. The maximum atomic E-state index is 11.9. The normalized spacial score (nSPS) is 17.2. The summed E-state index contributed by atoms with van der Waals surface area (Å²) < 4.78 is 13.0. The van der Waals surface area contributed by atoms with Crippen molar-refractivity contribution in [2.45, 2.75) is 64.7 Å². The Morgan fingerprint density at radius 1 is 1.26 bits per heavy atom. The van der Waals surface area contributed by atoms with Crippen LogP contribution < -0.4 is 5.32 Å². The Morgan fingerprint density at radius 2 is 2.03 bits per heavy atom.